The van der Waals surface area contributed by atoms with Crippen molar-refractivity contribution in [3.05, 3.63) is 65.5 Å². The highest BCUT2D eigenvalue weighted by atomic mass is 16.3. The van der Waals surface area contributed by atoms with Crippen molar-refractivity contribution in [1.82, 2.24) is 9.88 Å². The monoisotopic (exact) mass is 296 g/mol. The quantitative estimate of drug-likeness (QED) is 0.940. The van der Waals surface area contributed by atoms with E-state index in [2.05, 4.69) is 28.9 Å². The molecule has 0 saturated carbocycles. The minimum absolute atomic E-state index is 0.333. The average Bonchev–Trinajstić information content (AvgIpc) is 2.58. The summed E-state index contributed by atoms with van der Waals surface area (Å²) in [4.78, 5) is 6.92. The smallest absolute Gasteiger partial charge is 0.0819 e. The average molecular weight is 296 g/mol. The number of benzene rings is 1. The maximum absolute atomic E-state index is 10.5. The maximum atomic E-state index is 10.5. The van der Waals surface area contributed by atoms with Gasteiger partial charge in [0.15, 0.2) is 0 Å². The van der Waals surface area contributed by atoms with Gasteiger partial charge in [0.2, 0.25) is 0 Å². The number of aryl methyl sites for hydroxylation is 1. The van der Waals surface area contributed by atoms with Gasteiger partial charge in [-0.25, -0.2) is 0 Å². The Morgan fingerprint density at radius 2 is 1.86 bits per heavy atom. The number of hydrogen-bond donors (Lipinski definition) is 1. The molecule has 0 spiro atoms. The van der Waals surface area contributed by atoms with E-state index in [-0.39, 0.29) is 6.10 Å². The fourth-order valence-corrected chi connectivity index (χ4v) is 3.17. The van der Waals surface area contributed by atoms with Crippen LogP contribution in [0.2, 0.25) is 0 Å². The Balaban J connectivity index is 1.53. The molecule has 3 rings (SSSR count). The molecule has 1 unspecified atom stereocenters. The summed E-state index contributed by atoms with van der Waals surface area (Å²) in [6.45, 7) is 5.04. The van der Waals surface area contributed by atoms with Crippen LogP contribution in [0.3, 0.4) is 0 Å². The number of aliphatic hydroxyl groups excluding tert-OH is 1. The van der Waals surface area contributed by atoms with Crippen molar-refractivity contribution in [2.24, 2.45) is 5.92 Å². The van der Waals surface area contributed by atoms with Gasteiger partial charge in [0.05, 0.1) is 11.8 Å². The lowest BCUT2D eigenvalue weighted by molar-refractivity contribution is 0.0564. The van der Waals surface area contributed by atoms with Crippen molar-refractivity contribution in [1.29, 1.82) is 0 Å². The second-order valence-corrected chi connectivity index (χ2v) is 6.30. The molecule has 1 aliphatic rings. The van der Waals surface area contributed by atoms with Gasteiger partial charge in [0.25, 0.3) is 0 Å². The van der Waals surface area contributed by atoms with Crippen LogP contribution < -0.4 is 0 Å². The zero-order valence-corrected chi connectivity index (χ0v) is 13.2. The Kier molecular flexibility index (Phi) is 4.86. The fraction of sp³-hybridized carbons (Fsp3) is 0.421. The van der Waals surface area contributed by atoms with Crippen LogP contribution in [0.25, 0.3) is 0 Å². The molecule has 2 aromatic rings. The lowest BCUT2D eigenvalue weighted by Crippen LogP contribution is -2.35. The van der Waals surface area contributed by atoms with Crippen LogP contribution in [0.15, 0.2) is 48.7 Å². The molecule has 22 heavy (non-hydrogen) atoms. The third kappa shape index (κ3) is 3.73. The molecule has 3 nitrogen and oxygen atoms in total. The molecule has 116 valence electrons. The van der Waals surface area contributed by atoms with Crippen LogP contribution in [0.5, 0.6) is 0 Å². The summed E-state index contributed by atoms with van der Waals surface area (Å²) in [5, 5.41) is 10.5. The minimum atomic E-state index is -0.333. The van der Waals surface area contributed by atoms with Crippen LogP contribution in [0.4, 0.5) is 0 Å². The number of pyridine rings is 1. The van der Waals surface area contributed by atoms with Crippen molar-refractivity contribution in [3.63, 3.8) is 0 Å². The Morgan fingerprint density at radius 1 is 1.14 bits per heavy atom. The van der Waals surface area contributed by atoms with E-state index in [1.165, 1.54) is 5.56 Å². The molecule has 0 bridgehead atoms. The lowest BCUT2D eigenvalue weighted by atomic mass is 9.87. The Labute approximate surface area is 132 Å². The van der Waals surface area contributed by atoms with Gasteiger partial charge in [-0.15, -0.1) is 0 Å². The van der Waals surface area contributed by atoms with Crippen LogP contribution in [0, 0.1) is 12.8 Å². The molecule has 0 radical (unpaired) electrons. The summed E-state index contributed by atoms with van der Waals surface area (Å²) in [6.07, 6.45) is 3.69. The number of rotatable bonds is 4. The van der Waals surface area contributed by atoms with E-state index < -0.39 is 0 Å². The molecule has 1 fully saturated rings. The van der Waals surface area contributed by atoms with Crippen LogP contribution in [-0.2, 0) is 6.54 Å². The van der Waals surface area contributed by atoms with E-state index in [1.807, 2.05) is 36.5 Å². The first-order valence-electron chi connectivity index (χ1n) is 8.09. The molecule has 1 saturated heterocycles. The number of piperidine rings is 1. The molecule has 1 aromatic heterocycles. The number of nitrogens with zero attached hydrogens (tertiary/aromatic N) is 2. The summed E-state index contributed by atoms with van der Waals surface area (Å²) in [5.41, 5.74) is 3.38. The van der Waals surface area contributed by atoms with E-state index in [0.29, 0.717) is 5.92 Å². The van der Waals surface area contributed by atoms with Gasteiger partial charge >= 0.3 is 0 Å². The fourth-order valence-electron chi connectivity index (χ4n) is 3.17. The van der Waals surface area contributed by atoms with Crippen LogP contribution >= 0.6 is 0 Å². The molecular formula is C19H24N2O. The van der Waals surface area contributed by atoms with Crippen molar-refractivity contribution in [3.8, 4) is 0 Å². The highest BCUT2D eigenvalue weighted by Crippen LogP contribution is 2.30. The molecule has 3 heteroatoms. The summed E-state index contributed by atoms with van der Waals surface area (Å²) in [5.74, 6) is 0.365. The van der Waals surface area contributed by atoms with Crippen molar-refractivity contribution < 1.29 is 5.11 Å². The van der Waals surface area contributed by atoms with E-state index in [4.69, 9.17) is 0 Å². The number of likely N-dealkylation sites (tertiary alicyclic amines) is 1. The number of hydrogen-bond acceptors (Lipinski definition) is 3. The highest BCUT2D eigenvalue weighted by molar-refractivity contribution is 5.18. The molecular weight excluding hydrogens is 272 g/mol. The molecule has 2 heterocycles. The Morgan fingerprint density at radius 3 is 2.50 bits per heavy atom. The van der Waals surface area contributed by atoms with Gasteiger partial charge in [-0.2, -0.15) is 0 Å². The second kappa shape index (κ2) is 7.03. The largest absolute Gasteiger partial charge is 0.388 e. The number of aromatic nitrogens is 1. The second-order valence-electron chi connectivity index (χ2n) is 6.30. The lowest BCUT2D eigenvalue weighted by Gasteiger charge is -2.34. The summed E-state index contributed by atoms with van der Waals surface area (Å²) < 4.78 is 0. The first kappa shape index (κ1) is 15.2. The molecule has 1 aliphatic heterocycles. The van der Waals surface area contributed by atoms with Gasteiger partial charge < -0.3 is 5.11 Å². The van der Waals surface area contributed by atoms with Gasteiger partial charge in [0.1, 0.15) is 0 Å². The van der Waals surface area contributed by atoms with Crippen molar-refractivity contribution >= 4 is 0 Å². The maximum Gasteiger partial charge on any atom is 0.0819 e. The zero-order valence-electron chi connectivity index (χ0n) is 13.2. The van der Waals surface area contributed by atoms with E-state index >= 15 is 0 Å². The van der Waals surface area contributed by atoms with Crippen LogP contribution in [0.1, 0.15) is 35.8 Å². The van der Waals surface area contributed by atoms with Gasteiger partial charge in [-0.1, -0.05) is 36.4 Å². The SMILES string of the molecule is Cc1ccc(CN2CCC(C(O)c3ccccc3)CC2)nc1. The molecule has 1 aromatic carbocycles. The summed E-state index contributed by atoms with van der Waals surface area (Å²) in [6, 6.07) is 14.3. The highest BCUT2D eigenvalue weighted by Gasteiger charge is 2.26. The predicted octanol–water partition coefficient (Wildman–Crippen LogP) is 3.34. The molecule has 1 atom stereocenters. The summed E-state index contributed by atoms with van der Waals surface area (Å²) in [7, 11) is 0. The minimum Gasteiger partial charge on any atom is -0.388 e. The van der Waals surface area contributed by atoms with Crippen LogP contribution in [-0.4, -0.2) is 28.1 Å². The molecule has 0 aliphatic carbocycles. The zero-order chi connectivity index (χ0) is 15.4. The van der Waals surface area contributed by atoms with E-state index in [9.17, 15) is 5.11 Å². The normalized spacial score (nSPS) is 18.3. The first-order chi connectivity index (χ1) is 10.7. The van der Waals surface area contributed by atoms with E-state index in [0.717, 1.165) is 43.7 Å². The Bertz CT molecular complexity index is 574. The molecule has 1 N–H and O–H groups in total. The molecule has 0 amide bonds. The topological polar surface area (TPSA) is 36.4 Å². The third-order valence-electron chi connectivity index (χ3n) is 4.58. The first-order valence-corrected chi connectivity index (χ1v) is 8.09. The summed E-state index contributed by atoms with van der Waals surface area (Å²) >= 11 is 0. The third-order valence-corrected chi connectivity index (χ3v) is 4.58. The van der Waals surface area contributed by atoms with Gasteiger partial charge in [-0.05, 0) is 56.0 Å². The Hall–Kier alpha value is -1.71. The van der Waals surface area contributed by atoms with Gasteiger partial charge in [0, 0.05) is 12.7 Å². The van der Waals surface area contributed by atoms with Crippen molar-refractivity contribution in [2.75, 3.05) is 13.1 Å². The van der Waals surface area contributed by atoms with Crippen molar-refractivity contribution in [2.45, 2.75) is 32.4 Å². The number of aliphatic hydroxyl groups is 1. The van der Waals surface area contributed by atoms with Gasteiger partial charge in [-0.3, -0.25) is 9.88 Å². The van der Waals surface area contributed by atoms with E-state index in [1.54, 1.807) is 0 Å². The predicted molar refractivity (Wildman–Crippen MR) is 88.4 cm³/mol. The standard InChI is InChI=1S/C19H24N2O/c1-15-7-8-18(20-13-15)14-21-11-9-17(10-12-21)19(22)16-5-3-2-4-6-16/h2-8,13,17,19,22H,9-12,14H2,1H3.